The largest absolute Gasteiger partial charge is 0.496 e. The van der Waals surface area contributed by atoms with Gasteiger partial charge in [0.1, 0.15) is 5.75 Å². The summed E-state index contributed by atoms with van der Waals surface area (Å²) in [6.07, 6.45) is 3.02. The van der Waals surface area contributed by atoms with Gasteiger partial charge in [-0.15, -0.1) is 0 Å². The minimum Gasteiger partial charge on any atom is -0.496 e. The molecule has 1 heterocycles. The summed E-state index contributed by atoms with van der Waals surface area (Å²) < 4.78 is 5.20. The van der Waals surface area contributed by atoms with Gasteiger partial charge in [0.05, 0.1) is 24.6 Å². The molecule has 1 aromatic carbocycles. The number of nitrogens with one attached hydrogen (secondary N) is 1. The highest BCUT2D eigenvalue weighted by Crippen LogP contribution is 2.20. The minimum absolute atomic E-state index is 0.610. The maximum absolute atomic E-state index is 10.8. The molecule has 17 heavy (non-hydrogen) atoms. The average Bonchev–Trinajstić information content (AvgIpc) is 2.76. The summed E-state index contributed by atoms with van der Waals surface area (Å²) in [6, 6.07) is 5.97. The van der Waals surface area contributed by atoms with E-state index >= 15 is 0 Å². The Balaban J connectivity index is 2.24. The summed E-state index contributed by atoms with van der Waals surface area (Å²) in [5.41, 5.74) is 3.65. The second-order valence-corrected chi connectivity index (χ2v) is 3.90. The molecular formula is C13H14N2O2. The fraction of sp³-hybridized carbons (Fsp3) is 0.231. The van der Waals surface area contributed by atoms with E-state index in [1.54, 1.807) is 13.3 Å². The highest BCUT2D eigenvalue weighted by atomic mass is 16.5. The number of aldehydes is 1. The summed E-state index contributed by atoms with van der Waals surface area (Å²) in [4.78, 5) is 10.8. The number of nitrogens with zero attached hydrogens (tertiary/aromatic N) is 1. The van der Waals surface area contributed by atoms with Gasteiger partial charge in [-0.25, -0.2) is 0 Å². The smallest absolute Gasteiger partial charge is 0.153 e. The van der Waals surface area contributed by atoms with Gasteiger partial charge in [0, 0.05) is 6.42 Å². The molecule has 1 N–H and O–H groups in total. The second kappa shape index (κ2) is 4.82. The molecule has 0 bridgehead atoms. The van der Waals surface area contributed by atoms with Crippen LogP contribution < -0.4 is 4.74 Å². The zero-order valence-corrected chi connectivity index (χ0v) is 9.86. The van der Waals surface area contributed by atoms with E-state index in [4.69, 9.17) is 4.74 Å². The molecule has 2 aromatic rings. The minimum atomic E-state index is 0.610. The quantitative estimate of drug-likeness (QED) is 0.818. The number of hydrogen-bond donors (Lipinski definition) is 1. The summed E-state index contributed by atoms with van der Waals surface area (Å²) in [6.45, 7) is 2.00. The van der Waals surface area contributed by atoms with Crippen molar-refractivity contribution in [3.05, 3.63) is 46.8 Å². The van der Waals surface area contributed by atoms with E-state index in [9.17, 15) is 4.79 Å². The van der Waals surface area contributed by atoms with Crippen molar-refractivity contribution in [3.63, 3.8) is 0 Å². The van der Waals surface area contributed by atoms with Crippen LogP contribution in [-0.4, -0.2) is 23.6 Å². The van der Waals surface area contributed by atoms with Crippen LogP contribution in [0.3, 0.4) is 0 Å². The van der Waals surface area contributed by atoms with E-state index in [0.29, 0.717) is 12.0 Å². The van der Waals surface area contributed by atoms with Crippen molar-refractivity contribution in [3.8, 4) is 5.75 Å². The first kappa shape index (κ1) is 11.4. The first-order valence-corrected chi connectivity index (χ1v) is 5.35. The van der Waals surface area contributed by atoms with Gasteiger partial charge in [-0.1, -0.05) is 12.1 Å². The molecule has 0 amide bonds. The number of hydrogen-bond acceptors (Lipinski definition) is 3. The number of aromatic nitrogens is 2. The SMILES string of the molecule is COc1ccc(Cc2[nH]ncc2C=O)cc1C. The Morgan fingerprint density at radius 2 is 2.29 bits per heavy atom. The molecule has 0 saturated carbocycles. The van der Waals surface area contributed by atoms with Crippen molar-refractivity contribution in [2.24, 2.45) is 0 Å². The van der Waals surface area contributed by atoms with E-state index in [-0.39, 0.29) is 0 Å². The van der Waals surface area contributed by atoms with Gasteiger partial charge < -0.3 is 4.74 Å². The molecule has 0 unspecified atom stereocenters. The number of aromatic amines is 1. The van der Waals surface area contributed by atoms with Crippen LogP contribution in [0, 0.1) is 6.92 Å². The van der Waals surface area contributed by atoms with Gasteiger partial charge in [0.15, 0.2) is 6.29 Å². The highest BCUT2D eigenvalue weighted by molar-refractivity contribution is 5.76. The van der Waals surface area contributed by atoms with Crippen LogP contribution in [0.5, 0.6) is 5.75 Å². The van der Waals surface area contributed by atoms with Crippen LogP contribution in [0.4, 0.5) is 0 Å². The van der Waals surface area contributed by atoms with Gasteiger partial charge in [0.2, 0.25) is 0 Å². The van der Waals surface area contributed by atoms with Crippen LogP contribution in [0.15, 0.2) is 24.4 Å². The molecule has 0 atom stereocenters. The van der Waals surface area contributed by atoms with Crippen LogP contribution in [0.2, 0.25) is 0 Å². The monoisotopic (exact) mass is 230 g/mol. The van der Waals surface area contributed by atoms with Gasteiger partial charge in [-0.05, 0) is 24.1 Å². The van der Waals surface area contributed by atoms with Crippen LogP contribution >= 0.6 is 0 Å². The van der Waals surface area contributed by atoms with Gasteiger partial charge >= 0.3 is 0 Å². The zero-order chi connectivity index (χ0) is 12.3. The maximum Gasteiger partial charge on any atom is 0.153 e. The topological polar surface area (TPSA) is 55.0 Å². The molecule has 0 fully saturated rings. The molecule has 1 aromatic heterocycles. The normalized spacial score (nSPS) is 10.2. The van der Waals surface area contributed by atoms with Crippen molar-refractivity contribution in [1.82, 2.24) is 10.2 Å². The van der Waals surface area contributed by atoms with Crippen LogP contribution in [0.25, 0.3) is 0 Å². The average molecular weight is 230 g/mol. The lowest BCUT2D eigenvalue weighted by Gasteiger charge is -2.06. The molecule has 2 rings (SSSR count). The predicted molar refractivity (Wildman–Crippen MR) is 64.5 cm³/mol. The molecule has 88 valence electrons. The second-order valence-electron chi connectivity index (χ2n) is 3.90. The van der Waals surface area contributed by atoms with Crippen LogP contribution in [0.1, 0.15) is 27.2 Å². The molecule has 0 aliphatic rings. The molecule has 0 aliphatic heterocycles. The molecule has 0 saturated heterocycles. The lowest BCUT2D eigenvalue weighted by atomic mass is 10.0. The third-order valence-electron chi connectivity index (χ3n) is 2.72. The molecule has 0 spiro atoms. The van der Waals surface area contributed by atoms with Crippen molar-refractivity contribution in [2.45, 2.75) is 13.3 Å². The number of carbonyl (C=O) groups excluding carboxylic acids is 1. The number of aryl methyl sites for hydroxylation is 1. The number of methoxy groups -OCH3 is 1. The lowest BCUT2D eigenvalue weighted by Crippen LogP contribution is -1.95. The van der Waals surface area contributed by atoms with E-state index in [0.717, 1.165) is 28.9 Å². The number of benzene rings is 1. The standard InChI is InChI=1S/C13H14N2O2/c1-9-5-10(3-4-13(9)17-2)6-12-11(8-16)7-14-15-12/h3-5,7-8H,6H2,1-2H3,(H,14,15). The molecular weight excluding hydrogens is 216 g/mol. The third-order valence-corrected chi connectivity index (χ3v) is 2.72. The number of H-pyrrole nitrogens is 1. The van der Waals surface area contributed by atoms with E-state index in [2.05, 4.69) is 10.2 Å². The zero-order valence-electron chi connectivity index (χ0n) is 9.86. The van der Waals surface area contributed by atoms with Crippen molar-refractivity contribution < 1.29 is 9.53 Å². The van der Waals surface area contributed by atoms with E-state index in [1.165, 1.54) is 0 Å². The van der Waals surface area contributed by atoms with Crippen LogP contribution in [-0.2, 0) is 6.42 Å². The molecule has 4 heteroatoms. The Bertz CT molecular complexity index is 532. The van der Waals surface area contributed by atoms with Gasteiger partial charge in [-0.2, -0.15) is 5.10 Å². The summed E-state index contributed by atoms with van der Waals surface area (Å²) in [5.74, 6) is 0.869. The Labute approximate surface area is 99.6 Å². The van der Waals surface area contributed by atoms with Crippen molar-refractivity contribution in [1.29, 1.82) is 0 Å². The molecule has 0 aliphatic carbocycles. The first-order valence-electron chi connectivity index (χ1n) is 5.35. The molecule has 0 radical (unpaired) electrons. The van der Waals surface area contributed by atoms with Gasteiger partial charge in [0.25, 0.3) is 0 Å². The molecule has 4 nitrogen and oxygen atoms in total. The third kappa shape index (κ3) is 2.36. The van der Waals surface area contributed by atoms with Crippen molar-refractivity contribution in [2.75, 3.05) is 7.11 Å². The highest BCUT2D eigenvalue weighted by Gasteiger charge is 2.06. The summed E-state index contributed by atoms with van der Waals surface area (Å²) in [5, 5.41) is 6.71. The number of ether oxygens (including phenoxy) is 1. The number of carbonyl (C=O) groups is 1. The Morgan fingerprint density at radius 1 is 1.47 bits per heavy atom. The summed E-state index contributed by atoms with van der Waals surface area (Å²) in [7, 11) is 1.65. The van der Waals surface area contributed by atoms with Crippen molar-refractivity contribution >= 4 is 6.29 Å². The fourth-order valence-electron chi connectivity index (χ4n) is 1.82. The first-order chi connectivity index (χ1) is 8.24. The van der Waals surface area contributed by atoms with E-state index < -0.39 is 0 Å². The predicted octanol–water partition coefficient (Wildman–Crippen LogP) is 2.13. The van der Waals surface area contributed by atoms with Gasteiger partial charge in [-0.3, -0.25) is 9.89 Å². The van der Waals surface area contributed by atoms with E-state index in [1.807, 2.05) is 25.1 Å². The summed E-state index contributed by atoms with van der Waals surface area (Å²) >= 11 is 0. The fourth-order valence-corrected chi connectivity index (χ4v) is 1.82. The number of rotatable bonds is 4. The lowest BCUT2D eigenvalue weighted by molar-refractivity contribution is 0.112. The Hall–Kier alpha value is -2.10. The maximum atomic E-state index is 10.8. The Morgan fingerprint density at radius 3 is 2.94 bits per heavy atom. The Kier molecular flexibility index (Phi) is 3.23.